The van der Waals surface area contributed by atoms with Gasteiger partial charge in [0.1, 0.15) is 0 Å². The number of rotatable bonds is 8. The van der Waals surface area contributed by atoms with Gasteiger partial charge in [0.05, 0.1) is 10.5 Å². The van der Waals surface area contributed by atoms with Crippen LogP contribution in [-0.4, -0.2) is 54.7 Å². The van der Waals surface area contributed by atoms with E-state index in [0.717, 1.165) is 18.6 Å². The predicted octanol–water partition coefficient (Wildman–Crippen LogP) is 3.61. The molecule has 0 spiro atoms. The van der Waals surface area contributed by atoms with Crippen molar-refractivity contribution in [1.29, 1.82) is 0 Å². The van der Waals surface area contributed by atoms with Crippen molar-refractivity contribution in [3.63, 3.8) is 0 Å². The lowest BCUT2D eigenvalue weighted by molar-refractivity contribution is -0.137. The van der Waals surface area contributed by atoms with Crippen LogP contribution >= 0.6 is 0 Å². The number of amides is 1. The van der Waals surface area contributed by atoms with E-state index in [4.69, 9.17) is 5.73 Å². The molecular weight excluding hydrogens is 443 g/mol. The Morgan fingerprint density at radius 2 is 1.75 bits per heavy atom. The van der Waals surface area contributed by atoms with Gasteiger partial charge in [-0.2, -0.15) is 17.5 Å². The minimum Gasteiger partial charge on any atom is -0.343 e. The molecule has 1 amide bonds. The van der Waals surface area contributed by atoms with E-state index in [9.17, 15) is 26.4 Å². The summed E-state index contributed by atoms with van der Waals surface area (Å²) in [6.45, 7) is 4.93. The Balaban J connectivity index is 1.70. The van der Waals surface area contributed by atoms with Gasteiger partial charge in [0.2, 0.25) is 15.9 Å². The van der Waals surface area contributed by atoms with Crippen molar-refractivity contribution in [2.45, 2.75) is 81.6 Å². The molecule has 1 atom stereocenters. The van der Waals surface area contributed by atoms with Crippen LogP contribution in [0.1, 0.15) is 57.9 Å². The fourth-order valence-corrected chi connectivity index (χ4v) is 6.36. The summed E-state index contributed by atoms with van der Waals surface area (Å²) >= 11 is 0. The molecule has 1 aliphatic carbocycles. The third kappa shape index (κ3) is 6.02. The van der Waals surface area contributed by atoms with Crippen LogP contribution in [0.5, 0.6) is 0 Å². The molecule has 1 saturated heterocycles. The van der Waals surface area contributed by atoms with Crippen LogP contribution in [0.15, 0.2) is 29.2 Å². The molecule has 6 nitrogen and oxygen atoms in total. The first-order valence-corrected chi connectivity index (χ1v) is 12.6. The molecule has 2 N–H and O–H groups in total. The largest absolute Gasteiger partial charge is 0.416 e. The third-order valence-electron chi connectivity index (χ3n) is 6.03. The fraction of sp³-hybridized carbons (Fsp3) is 0.682. The van der Waals surface area contributed by atoms with Crippen molar-refractivity contribution in [1.82, 2.24) is 9.21 Å². The van der Waals surface area contributed by atoms with Gasteiger partial charge in [-0.3, -0.25) is 4.79 Å². The summed E-state index contributed by atoms with van der Waals surface area (Å²) in [5, 5.41) is 0. The van der Waals surface area contributed by atoms with E-state index < -0.39 is 21.8 Å². The Labute approximate surface area is 188 Å². The van der Waals surface area contributed by atoms with E-state index in [1.807, 2.05) is 13.8 Å². The fourth-order valence-electron chi connectivity index (χ4n) is 4.39. The molecule has 3 rings (SSSR count). The van der Waals surface area contributed by atoms with Gasteiger partial charge in [0.15, 0.2) is 0 Å². The van der Waals surface area contributed by atoms with E-state index in [2.05, 4.69) is 0 Å². The van der Waals surface area contributed by atoms with Crippen molar-refractivity contribution in [2.24, 2.45) is 11.7 Å². The van der Waals surface area contributed by atoms with Crippen LogP contribution in [0.4, 0.5) is 13.2 Å². The summed E-state index contributed by atoms with van der Waals surface area (Å²) in [6.07, 6.45) is -1.29. The summed E-state index contributed by atoms with van der Waals surface area (Å²) in [7, 11) is -4.08. The number of halogens is 3. The Kier molecular flexibility index (Phi) is 7.56. The molecule has 0 radical (unpaired) electrons. The summed E-state index contributed by atoms with van der Waals surface area (Å²) in [5.41, 5.74) is 5.08. The normalized spacial score (nSPS) is 19.6. The SMILES string of the molecule is CC(C)CC(N)CC(=O)N1CCC(N(C2CC2)S(=O)(=O)c2cccc(C(F)(F)F)c2)CC1. The van der Waals surface area contributed by atoms with Crippen LogP contribution in [0.25, 0.3) is 0 Å². The zero-order valence-electron chi connectivity index (χ0n) is 18.5. The monoisotopic (exact) mass is 475 g/mol. The van der Waals surface area contributed by atoms with Crippen molar-refractivity contribution >= 4 is 15.9 Å². The van der Waals surface area contributed by atoms with Crippen molar-refractivity contribution in [2.75, 3.05) is 13.1 Å². The standard InChI is InChI=1S/C22H32F3N3O3S/c1-15(2)12-17(26)14-21(29)27-10-8-19(9-11-27)28(18-6-7-18)32(30,31)20-5-3-4-16(13-20)22(23,24)25/h3-5,13,15,17-19H,6-12,14,26H2,1-2H3. The second kappa shape index (κ2) is 9.69. The second-order valence-corrected chi connectivity index (χ2v) is 11.1. The van der Waals surface area contributed by atoms with Crippen molar-refractivity contribution in [3.05, 3.63) is 29.8 Å². The molecule has 0 aromatic heterocycles. The maximum absolute atomic E-state index is 13.3. The van der Waals surface area contributed by atoms with E-state index >= 15 is 0 Å². The summed E-state index contributed by atoms with van der Waals surface area (Å²) < 4.78 is 67.4. The maximum atomic E-state index is 13.3. The van der Waals surface area contributed by atoms with Crippen LogP contribution in [0.3, 0.4) is 0 Å². The smallest absolute Gasteiger partial charge is 0.343 e. The molecular formula is C22H32F3N3O3S. The first-order valence-electron chi connectivity index (χ1n) is 11.1. The number of benzene rings is 1. The van der Waals surface area contributed by atoms with Crippen LogP contribution < -0.4 is 5.73 Å². The molecule has 2 fully saturated rings. The minimum atomic E-state index is -4.61. The molecule has 1 heterocycles. The Hall–Kier alpha value is -1.65. The average Bonchev–Trinajstić information content (AvgIpc) is 3.52. The molecule has 1 unspecified atom stereocenters. The van der Waals surface area contributed by atoms with Gasteiger partial charge in [0, 0.05) is 37.6 Å². The van der Waals surface area contributed by atoms with E-state index in [1.165, 1.54) is 10.4 Å². The summed E-state index contributed by atoms with van der Waals surface area (Å²) in [4.78, 5) is 14.0. The summed E-state index contributed by atoms with van der Waals surface area (Å²) in [5.74, 6) is 0.368. The molecule has 1 aromatic rings. The Bertz CT molecular complexity index is 908. The highest BCUT2D eigenvalue weighted by Gasteiger charge is 2.44. The number of sulfonamides is 1. The number of carbonyl (C=O) groups excluding carboxylic acids is 1. The third-order valence-corrected chi connectivity index (χ3v) is 8.03. The van der Waals surface area contributed by atoms with Gasteiger partial charge in [-0.05, 0) is 56.2 Å². The predicted molar refractivity (Wildman–Crippen MR) is 115 cm³/mol. The van der Waals surface area contributed by atoms with E-state index in [-0.39, 0.29) is 35.3 Å². The number of alkyl halides is 3. The number of nitrogens with two attached hydrogens (primary N) is 1. The summed E-state index contributed by atoms with van der Waals surface area (Å²) in [6, 6.07) is 3.19. The molecule has 1 aromatic carbocycles. The lowest BCUT2D eigenvalue weighted by Gasteiger charge is -2.38. The minimum absolute atomic E-state index is 0.0321. The number of hydrogen-bond donors (Lipinski definition) is 1. The molecule has 1 saturated carbocycles. The Morgan fingerprint density at radius 3 is 2.28 bits per heavy atom. The number of hydrogen-bond acceptors (Lipinski definition) is 4. The lowest BCUT2D eigenvalue weighted by Crippen LogP contribution is -2.50. The highest BCUT2D eigenvalue weighted by Crippen LogP contribution is 2.38. The van der Waals surface area contributed by atoms with Crippen LogP contribution in [-0.2, 0) is 21.0 Å². The van der Waals surface area contributed by atoms with Crippen LogP contribution in [0, 0.1) is 5.92 Å². The van der Waals surface area contributed by atoms with E-state index in [0.29, 0.717) is 50.8 Å². The maximum Gasteiger partial charge on any atom is 0.416 e. The van der Waals surface area contributed by atoms with Gasteiger partial charge in [-0.25, -0.2) is 8.42 Å². The first-order chi connectivity index (χ1) is 14.9. The van der Waals surface area contributed by atoms with Gasteiger partial charge >= 0.3 is 6.18 Å². The van der Waals surface area contributed by atoms with Gasteiger partial charge < -0.3 is 10.6 Å². The zero-order chi connectivity index (χ0) is 23.7. The highest BCUT2D eigenvalue weighted by atomic mass is 32.2. The van der Waals surface area contributed by atoms with Gasteiger partial charge in [0.25, 0.3) is 0 Å². The van der Waals surface area contributed by atoms with Crippen molar-refractivity contribution < 1.29 is 26.4 Å². The molecule has 0 bridgehead atoms. The van der Waals surface area contributed by atoms with E-state index in [1.54, 1.807) is 4.90 Å². The molecule has 10 heteroatoms. The Morgan fingerprint density at radius 1 is 1.16 bits per heavy atom. The molecule has 180 valence electrons. The molecule has 32 heavy (non-hydrogen) atoms. The highest BCUT2D eigenvalue weighted by molar-refractivity contribution is 7.89. The first kappa shape index (κ1) is 25.0. The number of piperidine rings is 1. The number of nitrogens with zero attached hydrogens (tertiary/aromatic N) is 2. The van der Waals surface area contributed by atoms with Gasteiger partial charge in [-0.1, -0.05) is 19.9 Å². The zero-order valence-corrected chi connectivity index (χ0v) is 19.3. The van der Waals surface area contributed by atoms with Crippen molar-refractivity contribution in [3.8, 4) is 0 Å². The second-order valence-electron chi connectivity index (χ2n) is 9.30. The molecule has 2 aliphatic rings. The van der Waals surface area contributed by atoms with Gasteiger partial charge in [-0.15, -0.1) is 0 Å². The lowest BCUT2D eigenvalue weighted by atomic mass is 10.00. The number of carbonyl (C=O) groups is 1. The topological polar surface area (TPSA) is 83.7 Å². The average molecular weight is 476 g/mol. The quantitative estimate of drug-likeness (QED) is 0.623. The van der Waals surface area contributed by atoms with Crippen LogP contribution in [0.2, 0.25) is 0 Å². The molecule has 1 aliphatic heterocycles. The number of likely N-dealkylation sites (tertiary alicyclic amines) is 1.